The molecule has 0 spiro atoms. The standard InChI is InChI=1S/C15H18F3N/c1-9-2-7-12(15(16,17)18)8-13(9)19-14(10-3-4-10)11-5-6-11/h2,7-8,10-11,14,19H,3-6H2,1H3. The van der Waals surface area contributed by atoms with Crippen molar-refractivity contribution >= 4 is 5.69 Å². The molecule has 0 amide bonds. The van der Waals surface area contributed by atoms with E-state index in [1.807, 2.05) is 6.92 Å². The maximum Gasteiger partial charge on any atom is 0.416 e. The van der Waals surface area contributed by atoms with Crippen LogP contribution in [0.2, 0.25) is 0 Å². The Kier molecular flexibility index (Phi) is 2.99. The third kappa shape index (κ3) is 2.88. The molecule has 19 heavy (non-hydrogen) atoms. The van der Waals surface area contributed by atoms with Crippen LogP contribution in [0.3, 0.4) is 0 Å². The number of hydrogen-bond acceptors (Lipinski definition) is 1. The Morgan fingerprint density at radius 1 is 1.11 bits per heavy atom. The Balaban J connectivity index is 1.82. The Morgan fingerprint density at radius 3 is 2.16 bits per heavy atom. The van der Waals surface area contributed by atoms with Crippen molar-refractivity contribution in [3.63, 3.8) is 0 Å². The molecule has 0 bridgehead atoms. The number of nitrogens with one attached hydrogen (secondary N) is 1. The first-order valence-corrected chi connectivity index (χ1v) is 6.89. The molecule has 2 aliphatic rings. The van der Waals surface area contributed by atoms with Gasteiger partial charge in [0.25, 0.3) is 0 Å². The zero-order valence-corrected chi connectivity index (χ0v) is 10.9. The quantitative estimate of drug-likeness (QED) is 0.841. The zero-order valence-electron chi connectivity index (χ0n) is 10.9. The summed E-state index contributed by atoms with van der Waals surface area (Å²) in [5.74, 6) is 1.34. The van der Waals surface area contributed by atoms with Crippen LogP contribution in [-0.2, 0) is 6.18 Å². The van der Waals surface area contributed by atoms with Crippen LogP contribution >= 0.6 is 0 Å². The summed E-state index contributed by atoms with van der Waals surface area (Å²) in [6.45, 7) is 1.86. The molecule has 0 heterocycles. The largest absolute Gasteiger partial charge is 0.416 e. The number of rotatable bonds is 4. The van der Waals surface area contributed by atoms with E-state index in [1.165, 1.54) is 31.7 Å². The molecule has 2 aliphatic carbocycles. The highest BCUT2D eigenvalue weighted by Crippen LogP contribution is 2.46. The lowest BCUT2D eigenvalue weighted by Crippen LogP contribution is -2.25. The van der Waals surface area contributed by atoms with Gasteiger partial charge in [-0.3, -0.25) is 0 Å². The normalized spacial score (nSPS) is 19.8. The molecule has 0 aliphatic heterocycles. The molecule has 1 N–H and O–H groups in total. The molecule has 0 atom stereocenters. The number of anilines is 1. The monoisotopic (exact) mass is 269 g/mol. The Bertz CT molecular complexity index is 461. The van der Waals surface area contributed by atoms with Crippen molar-refractivity contribution < 1.29 is 13.2 Å². The number of halogens is 3. The van der Waals surface area contributed by atoms with Gasteiger partial charge < -0.3 is 5.32 Å². The fourth-order valence-corrected chi connectivity index (χ4v) is 2.66. The fourth-order valence-electron chi connectivity index (χ4n) is 2.66. The lowest BCUT2D eigenvalue weighted by atomic mass is 10.0. The van der Waals surface area contributed by atoms with E-state index < -0.39 is 11.7 Å². The summed E-state index contributed by atoms with van der Waals surface area (Å²) in [5.41, 5.74) is 0.976. The number of alkyl halides is 3. The van der Waals surface area contributed by atoms with Gasteiger partial charge in [0.2, 0.25) is 0 Å². The number of hydrogen-bond donors (Lipinski definition) is 1. The molecule has 104 valence electrons. The topological polar surface area (TPSA) is 12.0 Å². The van der Waals surface area contributed by atoms with Crippen LogP contribution in [0.15, 0.2) is 18.2 Å². The summed E-state index contributed by atoms with van der Waals surface area (Å²) in [7, 11) is 0. The van der Waals surface area contributed by atoms with E-state index >= 15 is 0 Å². The Labute approximate surface area is 111 Å². The second-order valence-electron chi connectivity index (χ2n) is 5.87. The van der Waals surface area contributed by atoms with Crippen molar-refractivity contribution in [2.45, 2.75) is 44.8 Å². The predicted octanol–water partition coefficient (Wildman–Crippen LogP) is 4.61. The summed E-state index contributed by atoms with van der Waals surface area (Å²) in [5, 5.41) is 3.38. The molecule has 0 unspecified atom stereocenters. The SMILES string of the molecule is Cc1ccc(C(F)(F)F)cc1NC(C1CC1)C1CC1. The Morgan fingerprint density at radius 2 is 1.68 bits per heavy atom. The summed E-state index contributed by atoms with van der Waals surface area (Å²) in [4.78, 5) is 0. The molecule has 0 aromatic heterocycles. The maximum atomic E-state index is 12.8. The van der Waals surface area contributed by atoms with Crippen molar-refractivity contribution in [1.82, 2.24) is 0 Å². The van der Waals surface area contributed by atoms with E-state index in [0.29, 0.717) is 23.6 Å². The van der Waals surface area contributed by atoms with Crippen LogP contribution in [0.4, 0.5) is 18.9 Å². The number of aryl methyl sites for hydroxylation is 1. The molecule has 4 heteroatoms. The molecule has 3 rings (SSSR count). The molecule has 0 saturated heterocycles. The third-order valence-electron chi connectivity index (χ3n) is 4.15. The van der Waals surface area contributed by atoms with Crippen molar-refractivity contribution in [2.24, 2.45) is 11.8 Å². The van der Waals surface area contributed by atoms with Gasteiger partial charge in [-0.25, -0.2) is 0 Å². The molecular weight excluding hydrogens is 251 g/mol. The van der Waals surface area contributed by atoms with Crippen LogP contribution in [0.5, 0.6) is 0 Å². The van der Waals surface area contributed by atoms with Gasteiger partial charge in [-0.05, 0) is 62.1 Å². The van der Waals surface area contributed by atoms with Gasteiger partial charge in [0.1, 0.15) is 0 Å². The minimum absolute atomic E-state index is 0.377. The van der Waals surface area contributed by atoms with Gasteiger partial charge in [-0.2, -0.15) is 13.2 Å². The molecular formula is C15H18F3N. The Hall–Kier alpha value is -1.19. The molecule has 2 saturated carbocycles. The minimum Gasteiger partial charge on any atom is -0.382 e. The second kappa shape index (κ2) is 4.43. The first-order valence-electron chi connectivity index (χ1n) is 6.89. The highest BCUT2D eigenvalue weighted by Gasteiger charge is 2.41. The van der Waals surface area contributed by atoms with E-state index in [9.17, 15) is 13.2 Å². The molecule has 1 nitrogen and oxygen atoms in total. The van der Waals surface area contributed by atoms with Crippen LogP contribution in [0.25, 0.3) is 0 Å². The van der Waals surface area contributed by atoms with Gasteiger partial charge in [0.05, 0.1) is 5.56 Å². The maximum absolute atomic E-state index is 12.8. The first kappa shape index (κ1) is 12.8. The van der Waals surface area contributed by atoms with Crippen molar-refractivity contribution in [1.29, 1.82) is 0 Å². The third-order valence-corrected chi connectivity index (χ3v) is 4.15. The average Bonchev–Trinajstić information content (AvgIpc) is 3.19. The van der Waals surface area contributed by atoms with Crippen molar-refractivity contribution in [2.75, 3.05) is 5.32 Å². The lowest BCUT2D eigenvalue weighted by molar-refractivity contribution is -0.137. The zero-order chi connectivity index (χ0) is 13.6. The number of benzene rings is 1. The van der Waals surface area contributed by atoms with Crippen molar-refractivity contribution in [3.8, 4) is 0 Å². The van der Waals surface area contributed by atoms with E-state index in [4.69, 9.17) is 0 Å². The molecule has 0 radical (unpaired) electrons. The smallest absolute Gasteiger partial charge is 0.382 e. The second-order valence-corrected chi connectivity index (χ2v) is 5.87. The van der Waals surface area contributed by atoms with E-state index in [1.54, 1.807) is 6.07 Å². The molecule has 2 fully saturated rings. The van der Waals surface area contributed by atoms with Crippen LogP contribution in [-0.4, -0.2) is 6.04 Å². The average molecular weight is 269 g/mol. The van der Waals surface area contributed by atoms with E-state index in [2.05, 4.69) is 5.32 Å². The van der Waals surface area contributed by atoms with Crippen molar-refractivity contribution in [3.05, 3.63) is 29.3 Å². The minimum atomic E-state index is -4.27. The van der Waals surface area contributed by atoms with Crippen LogP contribution in [0, 0.1) is 18.8 Å². The molecule has 1 aromatic carbocycles. The van der Waals surface area contributed by atoms with E-state index in [0.717, 1.165) is 11.6 Å². The highest BCUT2D eigenvalue weighted by molar-refractivity contribution is 5.54. The van der Waals surface area contributed by atoms with Gasteiger partial charge in [-0.15, -0.1) is 0 Å². The first-order chi connectivity index (χ1) is 8.95. The van der Waals surface area contributed by atoms with E-state index in [-0.39, 0.29) is 0 Å². The van der Waals surface area contributed by atoms with Gasteiger partial charge in [-0.1, -0.05) is 6.07 Å². The van der Waals surface area contributed by atoms with Gasteiger partial charge >= 0.3 is 6.18 Å². The predicted molar refractivity (Wildman–Crippen MR) is 69.0 cm³/mol. The summed E-state index contributed by atoms with van der Waals surface area (Å²) in [6, 6.07) is 4.35. The summed E-state index contributed by atoms with van der Waals surface area (Å²) < 4.78 is 38.3. The van der Waals surface area contributed by atoms with Gasteiger partial charge in [0, 0.05) is 11.7 Å². The lowest BCUT2D eigenvalue weighted by Gasteiger charge is -2.21. The highest BCUT2D eigenvalue weighted by atomic mass is 19.4. The molecule has 1 aromatic rings. The summed E-state index contributed by atoms with van der Waals surface area (Å²) >= 11 is 0. The van der Waals surface area contributed by atoms with Gasteiger partial charge in [0.15, 0.2) is 0 Å². The summed E-state index contributed by atoms with van der Waals surface area (Å²) in [6.07, 6.45) is 0.593. The fraction of sp³-hybridized carbons (Fsp3) is 0.600. The van der Waals surface area contributed by atoms with Crippen LogP contribution < -0.4 is 5.32 Å². The van der Waals surface area contributed by atoms with Crippen LogP contribution in [0.1, 0.15) is 36.8 Å².